The molecule has 4 nitrogen and oxygen atoms in total. The van der Waals surface area contributed by atoms with Crippen LogP contribution in [0.2, 0.25) is 0 Å². The van der Waals surface area contributed by atoms with E-state index >= 15 is 0 Å². The second kappa shape index (κ2) is 6.50. The smallest absolute Gasteiger partial charge is 0.136 e. The minimum Gasteiger partial charge on any atom is -0.390 e. The van der Waals surface area contributed by atoms with Crippen molar-refractivity contribution in [1.82, 2.24) is 4.98 Å². The van der Waals surface area contributed by atoms with Gasteiger partial charge in [0.15, 0.2) is 0 Å². The molecule has 1 aromatic heterocycles. The van der Waals surface area contributed by atoms with Gasteiger partial charge in [0.25, 0.3) is 0 Å². The second-order valence-electron chi connectivity index (χ2n) is 4.43. The highest BCUT2D eigenvalue weighted by molar-refractivity contribution is 5.92. The van der Waals surface area contributed by atoms with Crippen LogP contribution in [0.4, 0.5) is 5.82 Å². The maximum Gasteiger partial charge on any atom is 0.136 e. The van der Waals surface area contributed by atoms with E-state index in [1.165, 1.54) is 0 Å². The van der Waals surface area contributed by atoms with Crippen molar-refractivity contribution in [3.8, 4) is 0 Å². The molecule has 0 atom stereocenters. The molecule has 0 unspecified atom stereocenters. The normalized spacial score (nSPS) is 10.9. The monoisotopic (exact) mass is 260 g/mol. The Kier molecular flexibility index (Phi) is 4.71. The number of hydrogen-bond donors (Lipinski definition) is 1. The van der Waals surface area contributed by atoms with Gasteiger partial charge in [-0.25, -0.2) is 4.98 Å². The van der Waals surface area contributed by atoms with Crippen molar-refractivity contribution in [2.24, 2.45) is 0 Å². The summed E-state index contributed by atoms with van der Waals surface area (Å²) < 4.78 is 5.38. The van der Waals surface area contributed by atoms with E-state index in [1.54, 1.807) is 0 Å². The lowest BCUT2D eigenvalue weighted by Gasteiger charge is -2.20. The summed E-state index contributed by atoms with van der Waals surface area (Å²) in [6.07, 6.45) is 0. The summed E-state index contributed by atoms with van der Waals surface area (Å²) in [6.45, 7) is 4.11. The second-order valence-corrected chi connectivity index (χ2v) is 4.43. The van der Waals surface area contributed by atoms with Crippen molar-refractivity contribution < 1.29 is 9.84 Å². The number of likely N-dealkylation sites (N-methyl/N-ethyl adjacent to an activating group) is 1. The van der Waals surface area contributed by atoms with Crippen LogP contribution >= 0.6 is 0 Å². The van der Waals surface area contributed by atoms with E-state index in [-0.39, 0.29) is 6.61 Å². The Labute approximate surface area is 113 Å². The summed E-state index contributed by atoms with van der Waals surface area (Å²) in [4.78, 5) is 6.59. The van der Waals surface area contributed by atoms with Gasteiger partial charge in [-0.2, -0.15) is 0 Å². The standard InChI is InChI=1S/C15H20N2O2/c1-3-19-9-8-17(2)15-14-7-5-4-6-12(14)10-13(11-18)16-15/h4-7,10,18H,3,8-9,11H2,1-2H3. The molecule has 2 aromatic rings. The van der Waals surface area contributed by atoms with Crippen LogP contribution in [0.3, 0.4) is 0 Å². The molecule has 0 saturated carbocycles. The van der Waals surface area contributed by atoms with Crippen LogP contribution in [0, 0.1) is 0 Å². The third-order valence-electron chi connectivity index (χ3n) is 3.07. The summed E-state index contributed by atoms with van der Waals surface area (Å²) in [7, 11) is 1.99. The molecule has 4 heteroatoms. The van der Waals surface area contributed by atoms with Gasteiger partial charge in [0.1, 0.15) is 5.82 Å². The molecular formula is C15H20N2O2. The van der Waals surface area contributed by atoms with Crippen LogP contribution < -0.4 is 4.90 Å². The summed E-state index contributed by atoms with van der Waals surface area (Å²) in [6, 6.07) is 10.0. The maximum atomic E-state index is 9.31. The van der Waals surface area contributed by atoms with E-state index in [9.17, 15) is 5.11 Å². The Morgan fingerprint density at radius 1 is 1.32 bits per heavy atom. The molecule has 1 aromatic carbocycles. The zero-order valence-electron chi connectivity index (χ0n) is 11.5. The fourth-order valence-electron chi connectivity index (χ4n) is 2.06. The number of aliphatic hydroxyl groups is 1. The van der Waals surface area contributed by atoms with Crippen molar-refractivity contribution in [1.29, 1.82) is 0 Å². The molecule has 0 saturated heterocycles. The highest BCUT2D eigenvalue weighted by Crippen LogP contribution is 2.24. The third-order valence-corrected chi connectivity index (χ3v) is 3.07. The quantitative estimate of drug-likeness (QED) is 0.809. The molecule has 19 heavy (non-hydrogen) atoms. The molecule has 0 aliphatic rings. The lowest BCUT2D eigenvalue weighted by molar-refractivity contribution is 0.154. The van der Waals surface area contributed by atoms with Gasteiger partial charge in [0.2, 0.25) is 0 Å². The minimum atomic E-state index is -0.0445. The number of aliphatic hydroxyl groups excluding tert-OH is 1. The fraction of sp³-hybridized carbons (Fsp3) is 0.400. The van der Waals surface area contributed by atoms with E-state index < -0.39 is 0 Å². The molecule has 1 heterocycles. The van der Waals surface area contributed by atoms with Gasteiger partial charge in [-0.1, -0.05) is 24.3 Å². The van der Waals surface area contributed by atoms with Crippen LogP contribution in [-0.4, -0.2) is 36.9 Å². The number of nitrogens with zero attached hydrogens (tertiary/aromatic N) is 2. The average molecular weight is 260 g/mol. The third kappa shape index (κ3) is 3.22. The van der Waals surface area contributed by atoms with Crippen molar-refractivity contribution in [2.75, 3.05) is 31.7 Å². The summed E-state index contributed by atoms with van der Waals surface area (Å²) in [5, 5.41) is 11.5. The highest BCUT2D eigenvalue weighted by atomic mass is 16.5. The van der Waals surface area contributed by atoms with Crippen LogP contribution in [0.5, 0.6) is 0 Å². The molecule has 0 bridgehead atoms. The van der Waals surface area contributed by atoms with Gasteiger partial charge in [0.05, 0.1) is 18.9 Å². The van der Waals surface area contributed by atoms with Gasteiger partial charge >= 0.3 is 0 Å². The summed E-state index contributed by atoms with van der Waals surface area (Å²) >= 11 is 0. The maximum absolute atomic E-state index is 9.31. The number of aromatic nitrogens is 1. The lowest BCUT2D eigenvalue weighted by Crippen LogP contribution is -2.24. The first-order valence-electron chi connectivity index (χ1n) is 6.54. The molecule has 102 valence electrons. The molecule has 0 spiro atoms. The number of rotatable bonds is 6. The van der Waals surface area contributed by atoms with Gasteiger partial charge < -0.3 is 14.7 Å². The molecule has 0 aliphatic carbocycles. The highest BCUT2D eigenvalue weighted by Gasteiger charge is 2.09. The molecular weight excluding hydrogens is 240 g/mol. The van der Waals surface area contributed by atoms with Crippen LogP contribution in [0.25, 0.3) is 10.8 Å². The van der Waals surface area contributed by atoms with Gasteiger partial charge in [-0.15, -0.1) is 0 Å². The van der Waals surface area contributed by atoms with Crippen LogP contribution in [0.1, 0.15) is 12.6 Å². The van der Waals surface area contributed by atoms with Crippen molar-refractivity contribution in [2.45, 2.75) is 13.5 Å². The Bertz CT molecular complexity index is 543. The first-order chi connectivity index (χ1) is 9.26. The predicted molar refractivity (Wildman–Crippen MR) is 77.4 cm³/mol. The van der Waals surface area contributed by atoms with Crippen molar-refractivity contribution in [3.05, 3.63) is 36.0 Å². The van der Waals surface area contributed by atoms with E-state index in [2.05, 4.69) is 16.0 Å². The van der Waals surface area contributed by atoms with E-state index in [4.69, 9.17) is 4.74 Å². The number of pyridine rings is 1. The number of benzene rings is 1. The summed E-state index contributed by atoms with van der Waals surface area (Å²) in [5.41, 5.74) is 0.692. The Morgan fingerprint density at radius 3 is 2.84 bits per heavy atom. The van der Waals surface area contributed by atoms with E-state index in [0.29, 0.717) is 12.3 Å². The van der Waals surface area contributed by atoms with Crippen molar-refractivity contribution in [3.63, 3.8) is 0 Å². The average Bonchev–Trinajstić information content (AvgIpc) is 2.46. The van der Waals surface area contributed by atoms with Gasteiger partial charge in [0, 0.05) is 25.6 Å². The van der Waals surface area contributed by atoms with Crippen LogP contribution in [-0.2, 0) is 11.3 Å². The Hall–Kier alpha value is -1.65. The number of anilines is 1. The first kappa shape index (κ1) is 13.8. The number of hydrogen-bond acceptors (Lipinski definition) is 4. The topological polar surface area (TPSA) is 45.6 Å². The van der Waals surface area contributed by atoms with Crippen LogP contribution in [0.15, 0.2) is 30.3 Å². The van der Waals surface area contributed by atoms with E-state index in [0.717, 1.165) is 29.7 Å². The lowest BCUT2D eigenvalue weighted by atomic mass is 10.1. The number of fused-ring (bicyclic) bond motifs is 1. The molecule has 0 aliphatic heterocycles. The Morgan fingerprint density at radius 2 is 2.11 bits per heavy atom. The fourth-order valence-corrected chi connectivity index (χ4v) is 2.06. The SMILES string of the molecule is CCOCCN(C)c1nc(CO)cc2ccccc12. The molecule has 0 amide bonds. The molecule has 2 rings (SSSR count). The minimum absolute atomic E-state index is 0.0445. The van der Waals surface area contributed by atoms with Crippen molar-refractivity contribution >= 4 is 16.6 Å². The summed E-state index contributed by atoms with van der Waals surface area (Å²) in [5.74, 6) is 0.891. The van der Waals surface area contributed by atoms with Gasteiger partial charge in [-0.05, 0) is 18.4 Å². The van der Waals surface area contributed by atoms with E-state index in [1.807, 2.05) is 38.2 Å². The molecule has 0 radical (unpaired) electrons. The largest absolute Gasteiger partial charge is 0.390 e. The predicted octanol–water partition coefficient (Wildman–Crippen LogP) is 2.20. The first-order valence-corrected chi connectivity index (χ1v) is 6.54. The van der Waals surface area contributed by atoms with Gasteiger partial charge in [-0.3, -0.25) is 0 Å². The molecule has 0 fully saturated rings. The molecule has 1 N–H and O–H groups in total. The Balaban J connectivity index is 2.34. The zero-order valence-corrected chi connectivity index (χ0v) is 11.5. The zero-order chi connectivity index (χ0) is 13.7. The number of ether oxygens (including phenoxy) is 1.